The lowest BCUT2D eigenvalue weighted by atomic mass is 10.0. The highest BCUT2D eigenvalue weighted by atomic mass is 32.2. The molecule has 1 atom stereocenters. The van der Waals surface area contributed by atoms with Gasteiger partial charge in [-0.15, -0.1) is 0 Å². The number of ether oxygens (including phenoxy) is 2. The van der Waals surface area contributed by atoms with Gasteiger partial charge in [-0.25, -0.2) is 4.79 Å². The molecule has 0 radical (unpaired) electrons. The van der Waals surface area contributed by atoms with E-state index in [-0.39, 0.29) is 19.8 Å². The summed E-state index contributed by atoms with van der Waals surface area (Å²) in [5.41, 5.74) is -1.90. The lowest BCUT2D eigenvalue weighted by molar-refractivity contribution is -0.146. The van der Waals surface area contributed by atoms with Gasteiger partial charge in [-0.2, -0.15) is 8.42 Å². The summed E-state index contributed by atoms with van der Waals surface area (Å²) < 4.78 is 37.5. The molecule has 0 unspecified atom stereocenters. The highest BCUT2D eigenvalue weighted by molar-refractivity contribution is 7.85. The molecule has 1 aliphatic rings. The van der Waals surface area contributed by atoms with Crippen LogP contribution in [0.5, 0.6) is 0 Å². The van der Waals surface area contributed by atoms with Gasteiger partial charge in [0.25, 0.3) is 10.1 Å². The van der Waals surface area contributed by atoms with Crippen molar-refractivity contribution in [1.29, 1.82) is 0 Å². The first-order valence-corrected chi connectivity index (χ1v) is 8.35. The van der Waals surface area contributed by atoms with Crippen LogP contribution in [0, 0.1) is 0 Å². The Balaban J connectivity index is 2.73. The van der Waals surface area contributed by atoms with Crippen molar-refractivity contribution in [1.82, 2.24) is 4.90 Å². The zero-order chi connectivity index (χ0) is 16.3. The first kappa shape index (κ1) is 18.1. The van der Waals surface area contributed by atoms with Crippen LogP contribution in [0.1, 0.15) is 20.8 Å². The van der Waals surface area contributed by atoms with E-state index in [4.69, 9.17) is 13.7 Å². The Morgan fingerprint density at radius 2 is 2.05 bits per heavy atom. The molecule has 8 nitrogen and oxygen atoms in total. The number of morpholine rings is 1. The maximum absolute atomic E-state index is 12.0. The Morgan fingerprint density at radius 3 is 2.52 bits per heavy atom. The molecule has 0 saturated carbocycles. The van der Waals surface area contributed by atoms with E-state index in [0.717, 1.165) is 6.26 Å². The number of nitrogens with zero attached hydrogens (tertiary/aromatic N) is 1. The average Bonchev–Trinajstić information content (AvgIpc) is 2.34. The van der Waals surface area contributed by atoms with E-state index < -0.39 is 34.0 Å². The highest BCUT2D eigenvalue weighted by Gasteiger charge is 2.40. The summed E-state index contributed by atoms with van der Waals surface area (Å²) in [6, 6.07) is 0. The lowest BCUT2D eigenvalue weighted by Gasteiger charge is -2.41. The Labute approximate surface area is 125 Å². The van der Waals surface area contributed by atoms with Crippen LogP contribution in [0.15, 0.2) is 0 Å². The molecular weight excluding hydrogens is 302 g/mol. The number of rotatable bonds is 4. The quantitative estimate of drug-likeness (QED) is 0.724. The van der Waals surface area contributed by atoms with E-state index in [1.165, 1.54) is 4.90 Å². The molecule has 1 aliphatic heterocycles. The van der Waals surface area contributed by atoms with Gasteiger partial charge in [0.2, 0.25) is 0 Å². The van der Waals surface area contributed by atoms with Crippen molar-refractivity contribution in [3.8, 4) is 0 Å². The summed E-state index contributed by atoms with van der Waals surface area (Å²) in [6.07, 6.45) is 0.370. The van der Waals surface area contributed by atoms with E-state index in [2.05, 4.69) is 0 Å². The molecule has 0 aromatic carbocycles. The van der Waals surface area contributed by atoms with Crippen LogP contribution in [0.2, 0.25) is 0 Å². The van der Waals surface area contributed by atoms with Crippen LogP contribution >= 0.6 is 0 Å². The van der Waals surface area contributed by atoms with E-state index in [0.29, 0.717) is 6.54 Å². The van der Waals surface area contributed by atoms with Gasteiger partial charge in [-0.3, -0.25) is 4.18 Å². The van der Waals surface area contributed by atoms with Crippen molar-refractivity contribution in [3.05, 3.63) is 0 Å². The third kappa shape index (κ3) is 6.16. The fourth-order valence-electron chi connectivity index (χ4n) is 1.77. The number of amides is 1. The van der Waals surface area contributed by atoms with Crippen LogP contribution < -0.4 is 0 Å². The van der Waals surface area contributed by atoms with Gasteiger partial charge in [0.05, 0.1) is 32.6 Å². The molecular formula is C12H23NO7S. The molecule has 0 spiro atoms. The molecule has 0 aromatic heterocycles. The van der Waals surface area contributed by atoms with Crippen LogP contribution in [0.4, 0.5) is 4.79 Å². The Morgan fingerprint density at radius 1 is 1.43 bits per heavy atom. The van der Waals surface area contributed by atoms with Gasteiger partial charge < -0.3 is 19.5 Å². The standard InChI is InChI=1S/C12H23NO7S/c1-11(2,3)20-10(15)13-5-6-18-12(7-13,8-14)9-19-21(4,16)17/h14H,5-9H2,1-4H3/t12-/m0/s1. The Bertz CT molecular complexity index is 470. The molecule has 0 aromatic rings. The zero-order valence-electron chi connectivity index (χ0n) is 12.8. The van der Waals surface area contributed by atoms with Crippen LogP contribution in [-0.4, -0.2) is 74.9 Å². The first-order chi connectivity index (χ1) is 9.46. The number of hydrogen-bond acceptors (Lipinski definition) is 7. The van der Waals surface area contributed by atoms with Crippen molar-refractivity contribution >= 4 is 16.2 Å². The maximum Gasteiger partial charge on any atom is 0.410 e. The van der Waals surface area contributed by atoms with Crippen molar-refractivity contribution in [2.45, 2.75) is 32.0 Å². The van der Waals surface area contributed by atoms with E-state index in [1.807, 2.05) is 0 Å². The fraction of sp³-hybridized carbons (Fsp3) is 0.917. The molecule has 124 valence electrons. The number of carbonyl (C=O) groups excluding carboxylic acids is 1. The second-order valence-electron chi connectivity index (χ2n) is 6.06. The van der Waals surface area contributed by atoms with Gasteiger partial charge in [0.1, 0.15) is 11.2 Å². The fourth-order valence-corrected chi connectivity index (χ4v) is 2.20. The molecule has 1 saturated heterocycles. The number of aliphatic hydroxyl groups is 1. The smallest absolute Gasteiger partial charge is 0.410 e. The molecule has 1 amide bonds. The van der Waals surface area contributed by atoms with E-state index in [9.17, 15) is 18.3 Å². The van der Waals surface area contributed by atoms with Crippen molar-refractivity contribution in [2.75, 3.05) is 39.2 Å². The molecule has 21 heavy (non-hydrogen) atoms. The van der Waals surface area contributed by atoms with Crippen molar-refractivity contribution < 1.29 is 32.0 Å². The second kappa shape index (κ2) is 6.47. The van der Waals surface area contributed by atoms with Crippen LogP contribution in [0.25, 0.3) is 0 Å². The normalized spacial score (nSPS) is 24.0. The summed E-state index contributed by atoms with van der Waals surface area (Å²) in [6.45, 7) is 4.87. The Kier molecular flexibility index (Phi) is 5.59. The van der Waals surface area contributed by atoms with Crippen molar-refractivity contribution in [2.24, 2.45) is 0 Å². The molecule has 9 heteroatoms. The molecule has 1 fully saturated rings. The number of carbonyl (C=O) groups is 1. The first-order valence-electron chi connectivity index (χ1n) is 6.54. The second-order valence-corrected chi connectivity index (χ2v) is 7.70. The summed E-state index contributed by atoms with van der Waals surface area (Å²) in [5, 5.41) is 9.49. The topological polar surface area (TPSA) is 102 Å². The van der Waals surface area contributed by atoms with Crippen molar-refractivity contribution in [3.63, 3.8) is 0 Å². The number of hydrogen-bond donors (Lipinski definition) is 1. The number of aliphatic hydroxyl groups excluding tert-OH is 1. The summed E-state index contributed by atoms with van der Waals surface area (Å²) in [5.74, 6) is 0. The summed E-state index contributed by atoms with van der Waals surface area (Å²) >= 11 is 0. The monoisotopic (exact) mass is 325 g/mol. The molecule has 0 aliphatic carbocycles. The SMILES string of the molecule is CC(C)(C)OC(=O)N1CCO[C@@](CO)(COS(C)(=O)=O)C1. The van der Waals surface area contributed by atoms with Crippen LogP contribution in [-0.2, 0) is 23.8 Å². The highest BCUT2D eigenvalue weighted by Crippen LogP contribution is 2.21. The van der Waals surface area contributed by atoms with Gasteiger partial charge in [-0.05, 0) is 20.8 Å². The largest absolute Gasteiger partial charge is 0.444 e. The maximum atomic E-state index is 12.0. The van der Waals surface area contributed by atoms with Crippen LogP contribution in [0.3, 0.4) is 0 Å². The Hall–Kier alpha value is -0.900. The third-order valence-electron chi connectivity index (χ3n) is 2.72. The third-order valence-corrected chi connectivity index (χ3v) is 3.27. The zero-order valence-corrected chi connectivity index (χ0v) is 13.6. The molecule has 1 heterocycles. The minimum absolute atomic E-state index is 0.00602. The van der Waals surface area contributed by atoms with Gasteiger partial charge in [-0.1, -0.05) is 0 Å². The predicted octanol–water partition coefficient (Wildman–Crippen LogP) is -0.0390. The molecule has 0 bridgehead atoms. The van der Waals surface area contributed by atoms with Gasteiger partial charge in [0, 0.05) is 6.54 Å². The minimum Gasteiger partial charge on any atom is -0.444 e. The van der Waals surface area contributed by atoms with E-state index in [1.54, 1.807) is 20.8 Å². The lowest BCUT2D eigenvalue weighted by Crippen LogP contribution is -2.58. The molecule has 1 N–H and O–H groups in total. The molecule has 1 rings (SSSR count). The minimum atomic E-state index is -3.66. The van der Waals surface area contributed by atoms with E-state index >= 15 is 0 Å². The summed E-state index contributed by atoms with van der Waals surface area (Å²) in [7, 11) is -3.66. The predicted molar refractivity (Wildman–Crippen MR) is 74.4 cm³/mol. The average molecular weight is 325 g/mol. The van der Waals surface area contributed by atoms with Gasteiger partial charge in [0.15, 0.2) is 0 Å². The van der Waals surface area contributed by atoms with Gasteiger partial charge >= 0.3 is 6.09 Å². The summed E-state index contributed by atoms with van der Waals surface area (Å²) in [4.78, 5) is 13.4.